The van der Waals surface area contributed by atoms with Gasteiger partial charge < -0.3 is 18.8 Å². The number of hydrogen-bond acceptors (Lipinski definition) is 3. The van der Waals surface area contributed by atoms with Gasteiger partial charge in [0.2, 0.25) is 0 Å². The lowest BCUT2D eigenvalue weighted by atomic mass is 9.32. The summed E-state index contributed by atoms with van der Waals surface area (Å²) in [4.78, 5) is 4.59. The Labute approximate surface area is 307 Å². The van der Waals surface area contributed by atoms with Crippen molar-refractivity contribution in [3.63, 3.8) is 0 Å². The van der Waals surface area contributed by atoms with Crippen LogP contribution in [-0.2, 0) is 0 Å². The van der Waals surface area contributed by atoms with Crippen LogP contribution < -0.4 is 26.2 Å². The van der Waals surface area contributed by atoms with Crippen LogP contribution in [0.2, 0.25) is 0 Å². The molecule has 0 radical (unpaired) electrons. The Morgan fingerprint density at radius 2 is 1.19 bits per heavy atom. The van der Waals surface area contributed by atoms with Crippen molar-refractivity contribution in [1.82, 2.24) is 4.57 Å². The quantitative estimate of drug-likeness (QED) is 0.173. The molecule has 0 N–H and O–H groups in total. The second kappa shape index (κ2) is 11.0. The molecule has 2 aliphatic rings. The van der Waals surface area contributed by atoms with Gasteiger partial charge >= 0.3 is 0 Å². The second-order valence-electron chi connectivity index (χ2n) is 14.5. The molecule has 0 unspecified atom stereocenters. The summed E-state index contributed by atoms with van der Waals surface area (Å²) in [5, 5.41) is 3.43. The molecule has 4 nitrogen and oxygen atoms in total. The molecule has 0 amide bonds. The SMILES string of the molecule is Cc1ccc(C)c(N2c3cccc4c3B(c3c(ccc5occc35)N4c3cc(C)ccc3F)c3c2ccc2c3c3ccccc3n2-c2ccccc2)c1. The van der Waals surface area contributed by atoms with Gasteiger partial charge in [-0.15, -0.1) is 0 Å². The summed E-state index contributed by atoms with van der Waals surface area (Å²) in [5.74, 6) is -0.263. The third kappa shape index (κ3) is 4.12. The molecule has 0 bridgehead atoms. The van der Waals surface area contributed by atoms with Crippen molar-refractivity contribution >= 4 is 90.0 Å². The lowest BCUT2D eigenvalue weighted by Crippen LogP contribution is -2.61. The highest BCUT2D eigenvalue weighted by Gasteiger charge is 2.46. The normalized spacial score (nSPS) is 13.2. The van der Waals surface area contributed by atoms with E-state index in [0.717, 1.165) is 72.6 Å². The number of para-hydroxylation sites is 2. The average molecular weight is 686 g/mol. The van der Waals surface area contributed by atoms with Gasteiger partial charge in [0.1, 0.15) is 11.4 Å². The number of benzene rings is 7. The number of rotatable bonds is 3. The van der Waals surface area contributed by atoms with Crippen molar-refractivity contribution in [3.05, 3.63) is 168 Å². The van der Waals surface area contributed by atoms with Gasteiger partial charge in [-0.25, -0.2) is 4.39 Å². The number of aryl methyl sites for hydroxylation is 3. The molecule has 0 saturated carbocycles. The van der Waals surface area contributed by atoms with Crippen LogP contribution in [0.15, 0.2) is 150 Å². The molecule has 11 rings (SSSR count). The van der Waals surface area contributed by atoms with Gasteiger partial charge in [0.15, 0.2) is 0 Å². The molecule has 7 aromatic carbocycles. The largest absolute Gasteiger partial charge is 0.464 e. The fourth-order valence-electron chi connectivity index (χ4n) is 9.16. The second-order valence-corrected chi connectivity index (χ2v) is 14.5. The minimum Gasteiger partial charge on any atom is -0.464 e. The minimum absolute atomic E-state index is 0.184. The lowest BCUT2D eigenvalue weighted by molar-refractivity contribution is 0.616. The van der Waals surface area contributed by atoms with E-state index < -0.39 is 0 Å². The summed E-state index contributed by atoms with van der Waals surface area (Å²) >= 11 is 0. The Kier molecular flexibility index (Phi) is 6.25. The molecule has 252 valence electrons. The Balaban J connectivity index is 1.35. The molecular formula is C47H33BFN3O. The number of halogens is 1. The highest BCUT2D eigenvalue weighted by atomic mass is 19.1. The van der Waals surface area contributed by atoms with Gasteiger partial charge in [-0.1, -0.05) is 60.7 Å². The van der Waals surface area contributed by atoms with Crippen LogP contribution in [0.1, 0.15) is 16.7 Å². The highest BCUT2D eigenvalue weighted by Crippen LogP contribution is 2.48. The van der Waals surface area contributed by atoms with E-state index in [-0.39, 0.29) is 12.5 Å². The Bertz CT molecular complexity index is 2970. The standard InChI is InChI=1S/C47H33BFN3O/c1-28-16-18-30(3)41(26-28)51-37-14-9-15-38-46(37)48(45-33-24-25-53-43(33)23-22-39(45)52(38)42-27-29(2)17-19-34(42)49)47-40(51)21-20-36-44(47)32-12-7-8-13-35(32)50(36)31-10-5-4-6-11-31/h4-27H,1-3H3. The van der Waals surface area contributed by atoms with E-state index in [4.69, 9.17) is 4.42 Å². The van der Waals surface area contributed by atoms with Gasteiger partial charge in [-0.2, -0.15) is 0 Å². The molecule has 0 aliphatic carbocycles. The average Bonchev–Trinajstić information content (AvgIpc) is 3.80. The molecule has 53 heavy (non-hydrogen) atoms. The lowest BCUT2D eigenvalue weighted by Gasteiger charge is -2.44. The predicted octanol–water partition coefficient (Wildman–Crippen LogP) is 10.7. The van der Waals surface area contributed by atoms with Crippen molar-refractivity contribution in [2.24, 2.45) is 0 Å². The van der Waals surface area contributed by atoms with Crippen LogP contribution >= 0.6 is 0 Å². The molecule has 0 spiro atoms. The summed E-state index contributed by atoms with van der Waals surface area (Å²) in [7, 11) is 0. The first-order chi connectivity index (χ1) is 26.0. The Hall–Kier alpha value is -6.53. The third-order valence-corrected chi connectivity index (χ3v) is 11.4. The maximum absolute atomic E-state index is 16.2. The molecule has 0 fully saturated rings. The Morgan fingerprint density at radius 3 is 2.02 bits per heavy atom. The molecular weight excluding hydrogens is 652 g/mol. The van der Waals surface area contributed by atoms with Crippen LogP contribution in [0.5, 0.6) is 0 Å². The smallest absolute Gasteiger partial charge is 0.254 e. The first kappa shape index (κ1) is 30.1. The van der Waals surface area contributed by atoms with E-state index in [9.17, 15) is 0 Å². The van der Waals surface area contributed by atoms with Crippen molar-refractivity contribution in [2.45, 2.75) is 20.8 Å². The number of anilines is 6. The number of nitrogens with zero attached hydrogens (tertiary/aromatic N) is 3. The first-order valence-corrected chi connectivity index (χ1v) is 18.2. The van der Waals surface area contributed by atoms with Crippen LogP contribution in [0.4, 0.5) is 38.5 Å². The summed E-state index contributed by atoms with van der Waals surface area (Å²) in [6.45, 7) is 6.18. The molecule has 4 heterocycles. The number of hydrogen-bond donors (Lipinski definition) is 0. The van der Waals surface area contributed by atoms with Crippen molar-refractivity contribution in [3.8, 4) is 5.69 Å². The van der Waals surface area contributed by atoms with Crippen molar-refractivity contribution in [1.29, 1.82) is 0 Å². The monoisotopic (exact) mass is 685 g/mol. The van der Waals surface area contributed by atoms with Crippen LogP contribution in [0.25, 0.3) is 38.5 Å². The Morgan fingerprint density at radius 1 is 0.509 bits per heavy atom. The molecule has 2 aromatic heterocycles. The van der Waals surface area contributed by atoms with Crippen molar-refractivity contribution < 1.29 is 8.81 Å². The predicted molar refractivity (Wildman–Crippen MR) is 219 cm³/mol. The van der Waals surface area contributed by atoms with E-state index in [1.807, 2.05) is 25.1 Å². The topological polar surface area (TPSA) is 24.6 Å². The maximum atomic E-state index is 16.2. The van der Waals surface area contributed by atoms with Gasteiger partial charge in [-0.3, -0.25) is 0 Å². The summed E-state index contributed by atoms with van der Waals surface area (Å²) in [6.07, 6.45) is 1.78. The molecule has 9 aromatic rings. The van der Waals surface area contributed by atoms with Gasteiger partial charge in [0.05, 0.1) is 23.0 Å². The summed E-state index contributed by atoms with van der Waals surface area (Å²) in [6, 6.07) is 48.8. The maximum Gasteiger partial charge on any atom is 0.254 e. The minimum atomic E-state index is -0.263. The van der Waals surface area contributed by atoms with Gasteiger partial charge in [-0.05, 0) is 133 Å². The number of fused-ring (bicyclic) bond motifs is 10. The number of aromatic nitrogens is 1. The van der Waals surface area contributed by atoms with Gasteiger partial charge in [0, 0.05) is 50.3 Å². The van der Waals surface area contributed by atoms with Crippen LogP contribution in [0.3, 0.4) is 0 Å². The van der Waals surface area contributed by atoms with E-state index in [1.165, 1.54) is 27.4 Å². The summed E-state index contributed by atoms with van der Waals surface area (Å²) < 4.78 is 24.8. The zero-order chi connectivity index (χ0) is 35.5. The van der Waals surface area contributed by atoms with Gasteiger partial charge in [0.25, 0.3) is 6.71 Å². The highest BCUT2D eigenvalue weighted by molar-refractivity contribution is 7.03. The zero-order valence-electron chi connectivity index (χ0n) is 29.6. The summed E-state index contributed by atoms with van der Waals surface area (Å²) in [5.41, 5.74) is 16.9. The van der Waals surface area contributed by atoms with E-state index in [1.54, 1.807) is 12.3 Å². The van der Waals surface area contributed by atoms with Crippen LogP contribution in [-0.4, -0.2) is 11.3 Å². The van der Waals surface area contributed by atoms with E-state index >= 15 is 4.39 Å². The first-order valence-electron chi connectivity index (χ1n) is 18.2. The molecule has 6 heteroatoms. The zero-order valence-corrected chi connectivity index (χ0v) is 29.6. The number of furan rings is 1. The molecule has 0 atom stereocenters. The third-order valence-electron chi connectivity index (χ3n) is 11.4. The van der Waals surface area contributed by atoms with E-state index in [2.05, 4.69) is 143 Å². The van der Waals surface area contributed by atoms with Crippen LogP contribution in [0, 0.1) is 26.6 Å². The van der Waals surface area contributed by atoms with E-state index in [0.29, 0.717) is 5.69 Å². The fourth-order valence-corrected chi connectivity index (χ4v) is 9.16. The molecule has 0 saturated heterocycles. The molecule has 2 aliphatic heterocycles. The fraction of sp³-hybridized carbons (Fsp3) is 0.0638. The van der Waals surface area contributed by atoms with Crippen molar-refractivity contribution in [2.75, 3.05) is 9.80 Å².